The first kappa shape index (κ1) is 9.00. The first-order valence-corrected chi connectivity index (χ1v) is 3.89. The van der Waals surface area contributed by atoms with Gasteiger partial charge in [-0.1, -0.05) is 0 Å². The lowest BCUT2D eigenvalue weighted by Gasteiger charge is -1.99. The van der Waals surface area contributed by atoms with E-state index in [9.17, 15) is 4.79 Å². The van der Waals surface area contributed by atoms with E-state index in [1.165, 1.54) is 13.3 Å². The fourth-order valence-electron chi connectivity index (χ4n) is 0.790. The van der Waals surface area contributed by atoms with Crippen LogP contribution in [0.15, 0.2) is 18.5 Å². The van der Waals surface area contributed by atoms with E-state index >= 15 is 0 Å². The molecule has 0 atom stereocenters. The van der Waals surface area contributed by atoms with Gasteiger partial charge in [-0.15, -0.1) is 11.6 Å². The van der Waals surface area contributed by atoms with E-state index in [0.717, 1.165) is 5.56 Å². The van der Waals surface area contributed by atoms with Crippen molar-refractivity contribution in [1.29, 1.82) is 0 Å². The third-order valence-electron chi connectivity index (χ3n) is 1.37. The highest BCUT2D eigenvalue weighted by Gasteiger charge is 2.05. The van der Waals surface area contributed by atoms with E-state index < -0.39 is 5.97 Å². The van der Waals surface area contributed by atoms with Gasteiger partial charge in [0.05, 0.1) is 12.7 Å². The van der Waals surface area contributed by atoms with Crippen LogP contribution in [0.5, 0.6) is 0 Å². The minimum Gasteiger partial charge on any atom is -0.465 e. The zero-order valence-electron chi connectivity index (χ0n) is 6.58. The van der Waals surface area contributed by atoms with Crippen LogP contribution in [0.1, 0.15) is 15.9 Å². The summed E-state index contributed by atoms with van der Waals surface area (Å²) in [6, 6.07) is 1.66. The number of ether oxygens (including phenoxy) is 1. The Morgan fingerprint density at radius 2 is 2.42 bits per heavy atom. The quantitative estimate of drug-likeness (QED) is 0.519. The Morgan fingerprint density at radius 3 is 3.00 bits per heavy atom. The zero-order valence-corrected chi connectivity index (χ0v) is 7.34. The fraction of sp³-hybridized carbons (Fsp3) is 0.250. The van der Waals surface area contributed by atoms with E-state index in [0.29, 0.717) is 11.4 Å². The molecule has 0 aliphatic rings. The third-order valence-corrected chi connectivity index (χ3v) is 1.68. The van der Waals surface area contributed by atoms with Crippen molar-refractivity contribution in [2.45, 2.75) is 5.88 Å². The molecule has 12 heavy (non-hydrogen) atoms. The summed E-state index contributed by atoms with van der Waals surface area (Å²) in [5, 5.41) is 0. The molecule has 0 aliphatic carbocycles. The number of rotatable bonds is 2. The van der Waals surface area contributed by atoms with Crippen LogP contribution in [0.3, 0.4) is 0 Å². The Balaban J connectivity index is 2.93. The summed E-state index contributed by atoms with van der Waals surface area (Å²) < 4.78 is 4.51. The number of hydrogen-bond acceptors (Lipinski definition) is 3. The number of carbonyl (C=O) groups is 1. The lowest BCUT2D eigenvalue weighted by atomic mass is 10.2. The number of halogens is 1. The van der Waals surface area contributed by atoms with Crippen LogP contribution in [0.25, 0.3) is 0 Å². The maximum Gasteiger partial charge on any atom is 0.339 e. The van der Waals surface area contributed by atoms with Crippen molar-refractivity contribution in [2.75, 3.05) is 7.11 Å². The molecule has 1 heterocycles. The monoisotopic (exact) mass is 185 g/mol. The molecule has 0 bridgehead atoms. The second-order valence-electron chi connectivity index (χ2n) is 2.21. The highest BCUT2D eigenvalue weighted by atomic mass is 35.5. The smallest absolute Gasteiger partial charge is 0.339 e. The predicted octanol–water partition coefficient (Wildman–Crippen LogP) is 1.61. The first-order valence-electron chi connectivity index (χ1n) is 3.36. The summed E-state index contributed by atoms with van der Waals surface area (Å²) in [6.45, 7) is 0. The van der Waals surface area contributed by atoms with Gasteiger partial charge >= 0.3 is 5.97 Å². The van der Waals surface area contributed by atoms with Crippen molar-refractivity contribution in [3.05, 3.63) is 29.6 Å². The molecule has 1 rings (SSSR count). The first-order chi connectivity index (χ1) is 5.77. The lowest BCUT2D eigenvalue weighted by molar-refractivity contribution is 0.0600. The second-order valence-corrected chi connectivity index (χ2v) is 2.47. The Kier molecular flexibility index (Phi) is 3.05. The SMILES string of the molecule is COC(=O)c1cncc(CCl)c1. The molecule has 64 valence electrons. The van der Waals surface area contributed by atoms with E-state index in [-0.39, 0.29) is 0 Å². The van der Waals surface area contributed by atoms with Crippen molar-refractivity contribution < 1.29 is 9.53 Å². The molecule has 1 aromatic heterocycles. The Morgan fingerprint density at radius 1 is 1.67 bits per heavy atom. The number of esters is 1. The predicted molar refractivity (Wildman–Crippen MR) is 45.1 cm³/mol. The van der Waals surface area contributed by atoms with E-state index in [1.807, 2.05) is 0 Å². The van der Waals surface area contributed by atoms with Crippen LogP contribution >= 0.6 is 11.6 Å². The van der Waals surface area contributed by atoms with Crippen LogP contribution in [-0.4, -0.2) is 18.1 Å². The fourth-order valence-corrected chi connectivity index (χ4v) is 0.936. The number of methoxy groups -OCH3 is 1. The molecule has 0 amide bonds. The van der Waals surface area contributed by atoms with E-state index in [4.69, 9.17) is 11.6 Å². The van der Waals surface area contributed by atoms with Crippen LogP contribution in [0.2, 0.25) is 0 Å². The topological polar surface area (TPSA) is 39.2 Å². The lowest BCUT2D eigenvalue weighted by Crippen LogP contribution is -2.02. The number of hydrogen-bond donors (Lipinski definition) is 0. The molecule has 3 nitrogen and oxygen atoms in total. The van der Waals surface area contributed by atoms with Gasteiger partial charge in [0.15, 0.2) is 0 Å². The number of pyridine rings is 1. The maximum atomic E-state index is 11.0. The van der Waals surface area contributed by atoms with Gasteiger partial charge in [0.2, 0.25) is 0 Å². The van der Waals surface area contributed by atoms with Gasteiger partial charge in [0.25, 0.3) is 0 Å². The molecule has 0 fully saturated rings. The zero-order chi connectivity index (χ0) is 8.97. The van der Waals surface area contributed by atoms with E-state index in [1.54, 1.807) is 12.3 Å². The molecule has 0 spiro atoms. The average molecular weight is 186 g/mol. The highest BCUT2D eigenvalue weighted by Crippen LogP contribution is 2.06. The third kappa shape index (κ3) is 1.95. The van der Waals surface area contributed by atoms with Gasteiger partial charge in [-0.3, -0.25) is 4.98 Å². The van der Waals surface area contributed by atoms with Crippen LogP contribution in [0, 0.1) is 0 Å². The molecule has 0 N–H and O–H groups in total. The van der Waals surface area contributed by atoms with Crippen molar-refractivity contribution in [1.82, 2.24) is 4.98 Å². The van der Waals surface area contributed by atoms with Gasteiger partial charge < -0.3 is 4.74 Å². The number of alkyl halides is 1. The molecule has 0 unspecified atom stereocenters. The van der Waals surface area contributed by atoms with Crippen molar-refractivity contribution in [3.63, 3.8) is 0 Å². The summed E-state index contributed by atoms with van der Waals surface area (Å²) in [5.41, 5.74) is 1.23. The Hall–Kier alpha value is -1.09. The molecule has 0 saturated heterocycles. The molecule has 4 heteroatoms. The van der Waals surface area contributed by atoms with Crippen molar-refractivity contribution in [3.8, 4) is 0 Å². The molecule has 0 aromatic carbocycles. The number of aromatic nitrogens is 1. The van der Waals surface area contributed by atoms with Crippen molar-refractivity contribution in [2.24, 2.45) is 0 Å². The molecule has 1 aromatic rings. The summed E-state index contributed by atoms with van der Waals surface area (Å²) >= 11 is 5.55. The van der Waals surface area contributed by atoms with Gasteiger partial charge in [-0.2, -0.15) is 0 Å². The van der Waals surface area contributed by atoms with Crippen LogP contribution < -0.4 is 0 Å². The largest absolute Gasteiger partial charge is 0.465 e. The van der Waals surface area contributed by atoms with Gasteiger partial charge in [-0.05, 0) is 11.6 Å². The van der Waals surface area contributed by atoms with Crippen LogP contribution in [-0.2, 0) is 10.6 Å². The maximum absolute atomic E-state index is 11.0. The number of nitrogens with zero attached hydrogens (tertiary/aromatic N) is 1. The Bertz CT molecular complexity index is 288. The second kappa shape index (κ2) is 4.07. The molecule has 0 radical (unpaired) electrons. The van der Waals surface area contributed by atoms with Gasteiger partial charge in [0.1, 0.15) is 0 Å². The summed E-state index contributed by atoms with van der Waals surface area (Å²) in [4.78, 5) is 14.8. The highest BCUT2D eigenvalue weighted by molar-refractivity contribution is 6.17. The summed E-state index contributed by atoms with van der Waals surface area (Å²) in [7, 11) is 1.33. The average Bonchev–Trinajstić information content (AvgIpc) is 2.17. The molecule has 0 saturated carbocycles. The van der Waals surface area contributed by atoms with Gasteiger partial charge in [0, 0.05) is 18.3 Å². The minimum absolute atomic E-state index is 0.345. The standard InChI is InChI=1S/C8H8ClNO2/c1-12-8(11)7-2-6(3-9)4-10-5-7/h2,4-5H,3H2,1H3. The summed E-state index contributed by atoms with van der Waals surface area (Å²) in [6.07, 6.45) is 3.06. The Labute approximate surface area is 75.3 Å². The molecular weight excluding hydrogens is 178 g/mol. The molecular formula is C8H8ClNO2. The summed E-state index contributed by atoms with van der Waals surface area (Å²) in [5.74, 6) is -0.0489. The van der Waals surface area contributed by atoms with Crippen molar-refractivity contribution >= 4 is 17.6 Å². The van der Waals surface area contributed by atoms with E-state index in [2.05, 4.69) is 9.72 Å². The van der Waals surface area contributed by atoms with Gasteiger partial charge in [-0.25, -0.2) is 4.79 Å². The minimum atomic E-state index is -0.394. The number of carbonyl (C=O) groups excluding carboxylic acids is 1. The molecule has 0 aliphatic heterocycles. The van der Waals surface area contributed by atoms with Crippen LogP contribution in [0.4, 0.5) is 0 Å². The normalized spacial score (nSPS) is 9.50.